The molecule has 1 aromatic rings. The topological polar surface area (TPSA) is 104 Å². The Balaban J connectivity index is 2.96. The predicted molar refractivity (Wildman–Crippen MR) is 85.7 cm³/mol. The molecule has 0 heterocycles. The Bertz CT molecular complexity index is 668. The number of nitrogens with zero attached hydrogens (tertiary/aromatic N) is 1. The number of sulfonamides is 1. The highest BCUT2D eigenvalue weighted by atomic mass is 32.2. The van der Waals surface area contributed by atoms with E-state index in [9.17, 15) is 18.0 Å². The van der Waals surface area contributed by atoms with Crippen LogP contribution in [-0.4, -0.2) is 49.3 Å². The van der Waals surface area contributed by atoms with Gasteiger partial charge >= 0.3 is 5.97 Å². The van der Waals surface area contributed by atoms with Crippen molar-refractivity contribution in [3.05, 3.63) is 29.8 Å². The minimum absolute atomic E-state index is 0.0266. The average Bonchev–Trinajstić information content (AvgIpc) is 2.53. The maximum absolute atomic E-state index is 12.4. The molecule has 0 saturated heterocycles. The van der Waals surface area contributed by atoms with Crippen LogP contribution < -0.4 is 5.32 Å². The molecule has 1 rings (SSSR count). The molecule has 23 heavy (non-hydrogen) atoms. The molecule has 1 unspecified atom stereocenters. The third-order valence-electron chi connectivity index (χ3n) is 3.43. The Morgan fingerprint density at radius 2 is 1.87 bits per heavy atom. The number of carbonyl (C=O) groups is 2. The van der Waals surface area contributed by atoms with Gasteiger partial charge in [-0.3, -0.25) is 9.59 Å². The van der Waals surface area contributed by atoms with E-state index in [1.165, 1.54) is 35.5 Å². The molecule has 0 spiro atoms. The van der Waals surface area contributed by atoms with Crippen molar-refractivity contribution in [2.45, 2.75) is 25.7 Å². The Morgan fingerprint density at radius 3 is 2.39 bits per heavy atom. The van der Waals surface area contributed by atoms with E-state index in [0.29, 0.717) is 13.1 Å². The quantitative estimate of drug-likeness (QED) is 0.738. The van der Waals surface area contributed by atoms with Crippen LogP contribution in [0.2, 0.25) is 0 Å². The lowest BCUT2D eigenvalue weighted by Crippen LogP contribution is -2.32. The van der Waals surface area contributed by atoms with Gasteiger partial charge in [0, 0.05) is 25.2 Å². The van der Waals surface area contributed by atoms with E-state index in [-0.39, 0.29) is 17.0 Å². The fourth-order valence-corrected chi connectivity index (χ4v) is 3.45. The van der Waals surface area contributed by atoms with Crippen LogP contribution in [0.1, 0.15) is 31.1 Å². The molecule has 0 aliphatic carbocycles. The molecule has 8 heteroatoms. The van der Waals surface area contributed by atoms with Gasteiger partial charge in [-0.25, -0.2) is 8.42 Å². The maximum Gasteiger partial charge on any atom is 0.308 e. The predicted octanol–water partition coefficient (Wildman–Crippen LogP) is 1.17. The zero-order valence-electron chi connectivity index (χ0n) is 13.4. The number of aliphatic carboxylic acids is 1. The molecule has 0 radical (unpaired) electrons. The molecule has 1 aromatic carbocycles. The standard InChI is InChI=1S/C15H22N2O5S/c1-4-17(5-2)23(21,22)13-8-6-7-12(9-13)14(18)16-10-11(3)15(19)20/h6-9,11H,4-5,10H2,1-3H3,(H,16,18)(H,19,20). The molecule has 0 aromatic heterocycles. The smallest absolute Gasteiger partial charge is 0.308 e. The van der Waals surface area contributed by atoms with Crippen molar-refractivity contribution in [1.29, 1.82) is 0 Å². The molecule has 0 aliphatic rings. The highest BCUT2D eigenvalue weighted by Crippen LogP contribution is 2.17. The Labute approximate surface area is 136 Å². The molecule has 0 fully saturated rings. The average molecular weight is 342 g/mol. The summed E-state index contributed by atoms with van der Waals surface area (Å²) >= 11 is 0. The Hall–Kier alpha value is -1.93. The largest absolute Gasteiger partial charge is 0.481 e. The van der Waals surface area contributed by atoms with Crippen LogP contribution in [0.4, 0.5) is 0 Å². The zero-order valence-corrected chi connectivity index (χ0v) is 14.3. The first-order valence-corrected chi connectivity index (χ1v) is 8.79. The van der Waals surface area contributed by atoms with Crippen molar-refractivity contribution in [3.63, 3.8) is 0 Å². The number of benzene rings is 1. The highest BCUT2D eigenvalue weighted by Gasteiger charge is 2.22. The van der Waals surface area contributed by atoms with Crippen molar-refractivity contribution in [2.75, 3.05) is 19.6 Å². The molecule has 2 N–H and O–H groups in total. The first-order valence-electron chi connectivity index (χ1n) is 7.35. The number of hydrogen-bond donors (Lipinski definition) is 2. The van der Waals surface area contributed by atoms with Crippen LogP contribution in [0.25, 0.3) is 0 Å². The zero-order chi connectivity index (χ0) is 17.6. The molecule has 1 atom stereocenters. The van der Waals surface area contributed by atoms with Crippen LogP contribution >= 0.6 is 0 Å². The number of carbonyl (C=O) groups excluding carboxylic acids is 1. The second-order valence-corrected chi connectivity index (χ2v) is 7.00. The number of hydrogen-bond acceptors (Lipinski definition) is 4. The fraction of sp³-hybridized carbons (Fsp3) is 0.467. The third kappa shape index (κ3) is 4.77. The first-order chi connectivity index (χ1) is 10.7. The fourth-order valence-electron chi connectivity index (χ4n) is 1.95. The summed E-state index contributed by atoms with van der Waals surface area (Å²) in [5, 5.41) is 11.3. The van der Waals surface area contributed by atoms with Crippen LogP contribution in [0.3, 0.4) is 0 Å². The van der Waals surface area contributed by atoms with Crippen molar-refractivity contribution < 1.29 is 23.1 Å². The summed E-state index contributed by atoms with van der Waals surface area (Å²) in [6.45, 7) is 5.61. The van der Waals surface area contributed by atoms with Crippen molar-refractivity contribution in [1.82, 2.24) is 9.62 Å². The van der Waals surface area contributed by atoms with Gasteiger partial charge in [0.1, 0.15) is 0 Å². The van der Waals surface area contributed by atoms with Crippen LogP contribution in [0.15, 0.2) is 29.2 Å². The molecule has 0 saturated carbocycles. The normalized spacial score (nSPS) is 12.9. The van der Waals surface area contributed by atoms with Gasteiger partial charge in [0.2, 0.25) is 10.0 Å². The monoisotopic (exact) mass is 342 g/mol. The van der Waals surface area contributed by atoms with E-state index >= 15 is 0 Å². The minimum atomic E-state index is -3.64. The SMILES string of the molecule is CCN(CC)S(=O)(=O)c1cccc(C(=O)NCC(C)C(=O)O)c1. The molecule has 0 aliphatic heterocycles. The van der Waals surface area contributed by atoms with Gasteiger partial charge < -0.3 is 10.4 Å². The molecular formula is C15H22N2O5S. The number of carboxylic acids is 1. The molecular weight excluding hydrogens is 320 g/mol. The van der Waals surface area contributed by atoms with Gasteiger partial charge in [0.15, 0.2) is 0 Å². The summed E-state index contributed by atoms with van der Waals surface area (Å²) in [5.74, 6) is -2.24. The second-order valence-electron chi connectivity index (χ2n) is 5.07. The van der Waals surface area contributed by atoms with Gasteiger partial charge in [0.05, 0.1) is 10.8 Å². The van der Waals surface area contributed by atoms with Crippen LogP contribution in [-0.2, 0) is 14.8 Å². The highest BCUT2D eigenvalue weighted by molar-refractivity contribution is 7.89. The molecule has 7 nitrogen and oxygen atoms in total. The first kappa shape index (κ1) is 19.1. The van der Waals surface area contributed by atoms with E-state index in [4.69, 9.17) is 5.11 Å². The van der Waals surface area contributed by atoms with E-state index in [0.717, 1.165) is 0 Å². The number of amides is 1. The second kappa shape index (κ2) is 8.07. The van der Waals surface area contributed by atoms with Crippen LogP contribution in [0.5, 0.6) is 0 Å². The van der Waals surface area contributed by atoms with Gasteiger partial charge in [-0.15, -0.1) is 0 Å². The van der Waals surface area contributed by atoms with Gasteiger partial charge in [-0.2, -0.15) is 4.31 Å². The van der Waals surface area contributed by atoms with Gasteiger partial charge in [0.25, 0.3) is 5.91 Å². The van der Waals surface area contributed by atoms with E-state index in [2.05, 4.69) is 5.32 Å². The van der Waals surface area contributed by atoms with E-state index < -0.39 is 27.8 Å². The molecule has 0 bridgehead atoms. The van der Waals surface area contributed by atoms with Gasteiger partial charge in [-0.05, 0) is 18.2 Å². The summed E-state index contributed by atoms with van der Waals surface area (Å²) in [7, 11) is -3.64. The van der Waals surface area contributed by atoms with Gasteiger partial charge in [-0.1, -0.05) is 26.8 Å². The molecule has 1 amide bonds. The number of carboxylic acid groups (broad SMARTS) is 1. The Morgan fingerprint density at radius 1 is 1.26 bits per heavy atom. The molecule has 128 valence electrons. The number of nitrogens with one attached hydrogen (secondary N) is 1. The lowest BCUT2D eigenvalue weighted by Gasteiger charge is -2.18. The lowest BCUT2D eigenvalue weighted by molar-refractivity contribution is -0.140. The summed E-state index contributed by atoms with van der Waals surface area (Å²) in [5.41, 5.74) is 0.177. The van der Waals surface area contributed by atoms with E-state index in [1.807, 2.05) is 0 Å². The van der Waals surface area contributed by atoms with Crippen LogP contribution in [0, 0.1) is 5.92 Å². The number of rotatable bonds is 8. The van der Waals surface area contributed by atoms with Crippen molar-refractivity contribution in [2.24, 2.45) is 5.92 Å². The summed E-state index contributed by atoms with van der Waals surface area (Å²) in [4.78, 5) is 22.8. The van der Waals surface area contributed by atoms with E-state index in [1.54, 1.807) is 13.8 Å². The summed E-state index contributed by atoms with van der Waals surface area (Å²) in [6, 6.07) is 5.71. The third-order valence-corrected chi connectivity index (χ3v) is 5.48. The van der Waals surface area contributed by atoms with Crippen molar-refractivity contribution >= 4 is 21.9 Å². The van der Waals surface area contributed by atoms with Crippen molar-refractivity contribution in [3.8, 4) is 0 Å². The summed E-state index contributed by atoms with van der Waals surface area (Å²) in [6.07, 6.45) is 0. The minimum Gasteiger partial charge on any atom is -0.481 e. The Kier molecular flexibility index (Phi) is 6.71. The maximum atomic E-state index is 12.4. The lowest BCUT2D eigenvalue weighted by atomic mass is 10.1. The summed E-state index contributed by atoms with van der Waals surface area (Å²) < 4.78 is 26.2.